The molecule has 3 heteroatoms. The standard InChI is InChI=1S/C16H16O2S/c1-12(16(17)18)14-9-5-6-10-15(14)19-11-13-7-3-2-4-8-13/h2-10,12H,11H2,1H3,(H,17,18). The normalized spacial score (nSPS) is 12.1. The molecule has 0 heterocycles. The highest BCUT2D eigenvalue weighted by Crippen LogP contribution is 2.30. The fraction of sp³-hybridized carbons (Fsp3) is 0.188. The fourth-order valence-corrected chi connectivity index (χ4v) is 2.94. The minimum absolute atomic E-state index is 0.473. The third kappa shape index (κ3) is 3.61. The SMILES string of the molecule is CC(C(=O)O)c1ccccc1SCc1ccccc1. The van der Waals surface area contributed by atoms with Gasteiger partial charge in [-0.1, -0.05) is 48.5 Å². The highest BCUT2D eigenvalue weighted by atomic mass is 32.2. The van der Waals surface area contributed by atoms with Crippen LogP contribution in [0.25, 0.3) is 0 Å². The van der Waals surface area contributed by atoms with E-state index in [4.69, 9.17) is 5.11 Å². The second-order valence-corrected chi connectivity index (χ2v) is 5.39. The smallest absolute Gasteiger partial charge is 0.310 e. The van der Waals surface area contributed by atoms with Crippen LogP contribution in [0, 0.1) is 0 Å². The Morgan fingerprint density at radius 1 is 1.11 bits per heavy atom. The van der Waals surface area contributed by atoms with Crippen molar-refractivity contribution in [3.63, 3.8) is 0 Å². The van der Waals surface area contributed by atoms with Crippen LogP contribution in [0.2, 0.25) is 0 Å². The molecule has 1 atom stereocenters. The van der Waals surface area contributed by atoms with Crippen molar-refractivity contribution >= 4 is 17.7 Å². The maximum absolute atomic E-state index is 11.1. The molecule has 2 rings (SSSR count). The summed E-state index contributed by atoms with van der Waals surface area (Å²) < 4.78 is 0. The molecule has 0 aliphatic heterocycles. The van der Waals surface area contributed by atoms with Crippen molar-refractivity contribution in [2.24, 2.45) is 0 Å². The number of aliphatic carboxylic acids is 1. The molecule has 2 nitrogen and oxygen atoms in total. The van der Waals surface area contributed by atoms with Gasteiger partial charge in [-0.05, 0) is 24.1 Å². The molecule has 1 unspecified atom stereocenters. The second-order valence-electron chi connectivity index (χ2n) is 4.37. The molecule has 0 radical (unpaired) electrons. The number of carbonyl (C=O) groups is 1. The molecule has 0 aromatic heterocycles. The fourth-order valence-electron chi connectivity index (χ4n) is 1.84. The minimum Gasteiger partial charge on any atom is -0.481 e. The Hall–Kier alpha value is -1.74. The summed E-state index contributed by atoms with van der Waals surface area (Å²) in [5.74, 6) is -0.406. The molecule has 1 N–H and O–H groups in total. The summed E-state index contributed by atoms with van der Waals surface area (Å²) in [6, 6.07) is 17.9. The van der Waals surface area contributed by atoms with E-state index in [1.807, 2.05) is 42.5 Å². The average molecular weight is 272 g/mol. The number of thioether (sulfide) groups is 1. The number of hydrogen-bond acceptors (Lipinski definition) is 2. The van der Waals surface area contributed by atoms with Gasteiger partial charge in [0.25, 0.3) is 0 Å². The monoisotopic (exact) mass is 272 g/mol. The molecule has 0 saturated carbocycles. The summed E-state index contributed by atoms with van der Waals surface area (Å²) >= 11 is 1.68. The average Bonchev–Trinajstić information content (AvgIpc) is 2.45. The first-order valence-electron chi connectivity index (χ1n) is 6.17. The predicted molar refractivity (Wildman–Crippen MR) is 78.5 cm³/mol. The Kier molecular flexibility index (Phi) is 4.63. The third-order valence-corrected chi connectivity index (χ3v) is 4.15. The quantitative estimate of drug-likeness (QED) is 0.830. The first-order valence-corrected chi connectivity index (χ1v) is 7.15. The van der Waals surface area contributed by atoms with Gasteiger partial charge in [0.2, 0.25) is 0 Å². The van der Waals surface area contributed by atoms with Gasteiger partial charge in [0.15, 0.2) is 0 Å². The van der Waals surface area contributed by atoms with Gasteiger partial charge in [0, 0.05) is 10.6 Å². The van der Waals surface area contributed by atoms with Crippen molar-refractivity contribution in [3.05, 3.63) is 65.7 Å². The summed E-state index contributed by atoms with van der Waals surface area (Å²) in [6.07, 6.45) is 0. The first-order chi connectivity index (χ1) is 9.18. The van der Waals surface area contributed by atoms with E-state index in [1.165, 1.54) is 5.56 Å². The highest BCUT2D eigenvalue weighted by Gasteiger charge is 2.17. The summed E-state index contributed by atoms with van der Waals surface area (Å²) in [6.45, 7) is 1.73. The lowest BCUT2D eigenvalue weighted by Crippen LogP contribution is -2.08. The van der Waals surface area contributed by atoms with E-state index in [2.05, 4.69) is 12.1 Å². The molecule has 0 aliphatic carbocycles. The summed E-state index contributed by atoms with van der Waals surface area (Å²) in [7, 11) is 0. The van der Waals surface area contributed by atoms with Crippen molar-refractivity contribution < 1.29 is 9.90 Å². The lowest BCUT2D eigenvalue weighted by atomic mass is 10.0. The van der Waals surface area contributed by atoms with E-state index in [-0.39, 0.29) is 0 Å². The summed E-state index contributed by atoms with van der Waals surface area (Å²) in [5.41, 5.74) is 2.13. The van der Waals surface area contributed by atoms with Crippen LogP contribution in [0.3, 0.4) is 0 Å². The van der Waals surface area contributed by atoms with Crippen molar-refractivity contribution in [2.45, 2.75) is 23.5 Å². The first kappa shape index (κ1) is 13.7. The summed E-state index contributed by atoms with van der Waals surface area (Å²) in [5, 5.41) is 9.14. The van der Waals surface area contributed by atoms with Crippen molar-refractivity contribution in [1.82, 2.24) is 0 Å². The molecular weight excluding hydrogens is 256 g/mol. The van der Waals surface area contributed by atoms with Gasteiger partial charge in [0.1, 0.15) is 0 Å². The zero-order valence-corrected chi connectivity index (χ0v) is 11.6. The number of carboxylic acids is 1. The van der Waals surface area contributed by atoms with E-state index in [9.17, 15) is 4.79 Å². The van der Waals surface area contributed by atoms with Crippen LogP contribution in [0.1, 0.15) is 24.0 Å². The Balaban J connectivity index is 2.14. The molecule has 0 spiro atoms. The molecule has 19 heavy (non-hydrogen) atoms. The van der Waals surface area contributed by atoms with Gasteiger partial charge in [-0.25, -0.2) is 0 Å². The summed E-state index contributed by atoms with van der Waals surface area (Å²) in [4.78, 5) is 12.2. The van der Waals surface area contributed by atoms with E-state index < -0.39 is 11.9 Å². The van der Waals surface area contributed by atoms with Crippen LogP contribution in [0.15, 0.2) is 59.5 Å². The molecule has 0 saturated heterocycles. The predicted octanol–water partition coefficient (Wildman–Crippen LogP) is 4.17. The lowest BCUT2D eigenvalue weighted by Gasteiger charge is -2.12. The molecule has 2 aromatic carbocycles. The molecule has 0 fully saturated rings. The van der Waals surface area contributed by atoms with E-state index in [1.54, 1.807) is 18.7 Å². The minimum atomic E-state index is -0.784. The van der Waals surface area contributed by atoms with Crippen LogP contribution in [0.5, 0.6) is 0 Å². The van der Waals surface area contributed by atoms with Crippen molar-refractivity contribution in [3.8, 4) is 0 Å². The van der Waals surface area contributed by atoms with E-state index in [0.717, 1.165) is 16.2 Å². The topological polar surface area (TPSA) is 37.3 Å². The second kappa shape index (κ2) is 6.43. The van der Waals surface area contributed by atoms with Gasteiger partial charge < -0.3 is 5.11 Å². The molecule has 2 aromatic rings. The number of benzene rings is 2. The number of hydrogen-bond donors (Lipinski definition) is 1. The Bertz CT molecular complexity index is 552. The van der Waals surface area contributed by atoms with Gasteiger partial charge in [-0.2, -0.15) is 0 Å². The van der Waals surface area contributed by atoms with Crippen LogP contribution in [-0.4, -0.2) is 11.1 Å². The zero-order valence-electron chi connectivity index (χ0n) is 10.7. The maximum Gasteiger partial charge on any atom is 0.310 e. The number of rotatable bonds is 5. The largest absolute Gasteiger partial charge is 0.481 e. The van der Waals surface area contributed by atoms with Crippen LogP contribution < -0.4 is 0 Å². The van der Waals surface area contributed by atoms with Gasteiger partial charge in [-0.3, -0.25) is 4.79 Å². The van der Waals surface area contributed by atoms with Gasteiger partial charge in [0.05, 0.1) is 5.92 Å². The zero-order chi connectivity index (χ0) is 13.7. The van der Waals surface area contributed by atoms with Crippen LogP contribution >= 0.6 is 11.8 Å². The van der Waals surface area contributed by atoms with Crippen molar-refractivity contribution in [1.29, 1.82) is 0 Å². The van der Waals surface area contributed by atoms with Gasteiger partial charge >= 0.3 is 5.97 Å². The lowest BCUT2D eigenvalue weighted by molar-refractivity contribution is -0.138. The molecule has 98 valence electrons. The highest BCUT2D eigenvalue weighted by molar-refractivity contribution is 7.98. The van der Waals surface area contributed by atoms with Crippen molar-refractivity contribution in [2.75, 3.05) is 0 Å². The van der Waals surface area contributed by atoms with E-state index in [0.29, 0.717) is 0 Å². The Labute approximate surface area is 117 Å². The van der Waals surface area contributed by atoms with Crippen LogP contribution in [-0.2, 0) is 10.5 Å². The Morgan fingerprint density at radius 2 is 1.74 bits per heavy atom. The molecular formula is C16H16O2S. The molecule has 0 bridgehead atoms. The van der Waals surface area contributed by atoms with E-state index >= 15 is 0 Å². The van der Waals surface area contributed by atoms with Gasteiger partial charge in [-0.15, -0.1) is 11.8 Å². The number of carboxylic acid groups (broad SMARTS) is 1. The maximum atomic E-state index is 11.1. The molecule has 0 aliphatic rings. The van der Waals surface area contributed by atoms with Crippen LogP contribution in [0.4, 0.5) is 0 Å². The Morgan fingerprint density at radius 3 is 2.42 bits per heavy atom. The third-order valence-electron chi connectivity index (χ3n) is 2.99. The molecule has 0 amide bonds.